The van der Waals surface area contributed by atoms with Crippen LogP contribution in [-0.2, 0) is 4.79 Å². The summed E-state index contributed by atoms with van der Waals surface area (Å²) in [6.07, 6.45) is 2.41. The topological polar surface area (TPSA) is 44.4 Å². The summed E-state index contributed by atoms with van der Waals surface area (Å²) < 4.78 is 0. The molecule has 1 saturated heterocycles. The summed E-state index contributed by atoms with van der Waals surface area (Å²) in [4.78, 5) is 13.1. The zero-order valence-electron chi connectivity index (χ0n) is 8.47. The molecule has 4 nitrogen and oxygen atoms in total. The molecule has 1 unspecified atom stereocenters. The van der Waals surface area contributed by atoms with Crippen molar-refractivity contribution in [3.8, 4) is 0 Å². The third-order valence-electron chi connectivity index (χ3n) is 2.17. The molecule has 0 aliphatic carbocycles. The summed E-state index contributed by atoms with van der Waals surface area (Å²) in [6, 6.07) is 0.492. The van der Waals surface area contributed by atoms with Gasteiger partial charge in [0.05, 0.1) is 6.54 Å². The quantitative estimate of drug-likeness (QED) is 0.615. The average Bonchev–Trinajstić information content (AvgIpc) is 2.51. The van der Waals surface area contributed by atoms with Gasteiger partial charge in [-0.2, -0.15) is 0 Å². The van der Waals surface area contributed by atoms with E-state index in [1.54, 1.807) is 0 Å². The van der Waals surface area contributed by atoms with Crippen LogP contribution in [0.1, 0.15) is 12.8 Å². The predicted molar refractivity (Wildman–Crippen MR) is 52.6 cm³/mol. The first-order valence-corrected chi connectivity index (χ1v) is 4.83. The Hall–Kier alpha value is -0.610. The Balaban J connectivity index is 2.07. The van der Waals surface area contributed by atoms with E-state index in [2.05, 4.69) is 10.6 Å². The number of nitrogens with zero attached hydrogens (tertiary/aromatic N) is 1. The lowest BCUT2D eigenvalue weighted by atomic mass is 10.2. The van der Waals surface area contributed by atoms with Gasteiger partial charge in [0.15, 0.2) is 0 Å². The third-order valence-corrected chi connectivity index (χ3v) is 2.17. The molecular weight excluding hydrogens is 166 g/mol. The van der Waals surface area contributed by atoms with Gasteiger partial charge >= 0.3 is 0 Å². The number of carbonyl (C=O) groups excluding carboxylic acids is 1. The zero-order valence-corrected chi connectivity index (χ0v) is 8.47. The Bertz CT molecular complexity index is 164. The zero-order chi connectivity index (χ0) is 9.68. The van der Waals surface area contributed by atoms with Crippen LogP contribution in [0.25, 0.3) is 0 Å². The molecule has 1 atom stereocenters. The predicted octanol–water partition coefficient (Wildman–Crippen LogP) is -0.584. The van der Waals surface area contributed by atoms with Crippen molar-refractivity contribution in [1.82, 2.24) is 15.5 Å². The number of carbonyl (C=O) groups is 1. The van der Waals surface area contributed by atoms with Crippen LogP contribution in [0.15, 0.2) is 0 Å². The number of hydrogen-bond donors (Lipinski definition) is 2. The van der Waals surface area contributed by atoms with E-state index in [0.29, 0.717) is 12.6 Å². The standard InChI is InChI=1S/C9H19N3O/c1-12(2)7-9(13)11-6-8-4-3-5-10-8/h8,10H,3-7H2,1-2H3,(H,11,13). The van der Waals surface area contributed by atoms with Crippen LogP contribution < -0.4 is 10.6 Å². The highest BCUT2D eigenvalue weighted by Crippen LogP contribution is 2.02. The normalized spacial score (nSPS) is 22.2. The van der Waals surface area contributed by atoms with Crippen LogP contribution >= 0.6 is 0 Å². The minimum Gasteiger partial charge on any atom is -0.353 e. The molecule has 0 bridgehead atoms. The average molecular weight is 185 g/mol. The molecule has 1 amide bonds. The number of nitrogens with one attached hydrogen (secondary N) is 2. The molecule has 2 N–H and O–H groups in total. The summed E-state index contributed by atoms with van der Waals surface area (Å²) >= 11 is 0. The Morgan fingerprint density at radius 2 is 2.38 bits per heavy atom. The molecular formula is C9H19N3O. The number of hydrogen-bond acceptors (Lipinski definition) is 3. The van der Waals surface area contributed by atoms with Crippen molar-refractivity contribution in [2.24, 2.45) is 0 Å². The van der Waals surface area contributed by atoms with Gasteiger partial charge in [0.2, 0.25) is 5.91 Å². The molecule has 1 aliphatic rings. The molecule has 1 aliphatic heterocycles. The van der Waals surface area contributed by atoms with Gasteiger partial charge in [-0.05, 0) is 33.5 Å². The Labute approximate surface area is 79.7 Å². The fourth-order valence-corrected chi connectivity index (χ4v) is 1.51. The van der Waals surface area contributed by atoms with Crippen LogP contribution in [-0.4, -0.2) is 50.6 Å². The van der Waals surface area contributed by atoms with Crippen molar-refractivity contribution in [2.45, 2.75) is 18.9 Å². The highest BCUT2D eigenvalue weighted by atomic mass is 16.2. The van der Waals surface area contributed by atoms with E-state index < -0.39 is 0 Å². The fraction of sp³-hybridized carbons (Fsp3) is 0.889. The third kappa shape index (κ3) is 4.24. The lowest BCUT2D eigenvalue weighted by Crippen LogP contribution is -2.40. The van der Waals surface area contributed by atoms with Crippen molar-refractivity contribution in [3.05, 3.63) is 0 Å². The highest BCUT2D eigenvalue weighted by Gasteiger charge is 2.14. The Kier molecular flexibility index (Phi) is 4.18. The second kappa shape index (κ2) is 5.19. The summed E-state index contributed by atoms with van der Waals surface area (Å²) in [6.45, 7) is 2.34. The maximum Gasteiger partial charge on any atom is 0.234 e. The van der Waals surface area contributed by atoms with Crippen molar-refractivity contribution >= 4 is 5.91 Å². The number of likely N-dealkylation sites (N-methyl/N-ethyl adjacent to an activating group) is 1. The summed E-state index contributed by atoms with van der Waals surface area (Å²) in [5, 5.41) is 6.25. The van der Waals surface area contributed by atoms with Crippen molar-refractivity contribution < 1.29 is 4.79 Å². The maximum absolute atomic E-state index is 11.2. The second-order valence-electron chi connectivity index (χ2n) is 3.84. The minimum absolute atomic E-state index is 0.110. The first-order valence-electron chi connectivity index (χ1n) is 4.83. The highest BCUT2D eigenvalue weighted by molar-refractivity contribution is 5.77. The van der Waals surface area contributed by atoms with Gasteiger partial charge in [-0.15, -0.1) is 0 Å². The first-order chi connectivity index (χ1) is 6.18. The Morgan fingerprint density at radius 3 is 2.92 bits per heavy atom. The SMILES string of the molecule is CN(C)CC(=O)NCC1CCCN1. The van der Waals surface area contributed by atoms with E-state index >= 15 is 0 Å². The number of rotatable bonds is 4. The molecule has 1 heterocycles. The molecule has 1 fully saturated rings. The largest absolute Gasteiger partial charge is 0.353 e. The summed E-state index contributed by atoms with van der Waals surface area (Å²) in [5.41, 5.74) is 0. The van der Waals surface area contributed by atoms with Gasteiger partial charge < -0.3 is 15.5 Å². The van der Waals surface area contributed by atoms with Gasteiger partial charge in [-0.3, -0.25) is 4.79 Å². The first kappa shape index (κ1) is 10.5. The van der Waals surface area contributed by atoms with E-state index in [9.17, 15) is 4.79 Å². The minimum atomic E-state index is 0.110. The molecule has 0 saturated carbocycles. The van der Waals surface area contributed by atoms with Gasteiger partial charge in [0, 0.05) is 12.6 Å². The lowest BCUT2D eigenvalue weighted by molar-refractivity contribution is -0.121. The van der Waals surface area contributed by atoms with Crippen LogP contribution in [0, 0.1) is 0 Å². The lowest BCUT2D eigenvalue weighted by Gasteiger charge is -2.13. The maximum atomic E-state index is 11.2. The van der Waals surface area contributed by atoms with Gasteiger partial charge in [0.1, 0.15) is 0 Å². The van der Waals surface area contributed by atoms with E-state index in [0.717, 1.165) is 13.1 Å². The monoisotopic (exact) mass is 185 g/mol. The van der Waals surface area contributed by atoms with E-state index in [1.807, 2.05) is 19.0 Å². The number of amides is 1. The second-order valence-corrected chi connectivity index (χ2v) is 3.84. The van der Waals surface area contributed by atoms with E-state index in [4.69, 9.17) is 0 Å². The van der Waals surface area contributed by atoms with Crippen molar-refractivity contribution in [3.63, 3.8) is 0 Å². The van der Waals surface area contributed by atoms with Gasteiger partial charge in [-0.25, -0.2) is 0 Å². The smallest absolute Gasteiger partial charge is 0.234 e. The van der Waals surface area contributed by atoms with Crippen LogP contribution in [0.5, 0.6) is 0 Å². The summed E-state index contributed by atoms with van der Waals surface area (Å²) in [7, 11) is 3.79. The van der Waals surface area contributed by atoms with Crippen LogP contribution in [0.3, 0.4) is 0 Å². The van der Waals surface area contributed by atoms with Crippen LogP contribution in [0.4, 0.5) is 0 Å². The Morgan fingerprint density at radius 1 is 1.62 bits per heavy atom. The fourth-order valence-electron chi connectivity index (χ4n) is 1.51. The molecule has 76 valence electrons. The van der Waals surface area contributed by atoms with E-state index in [-0.39, 0.29) is 5.91 Å². The van der Waals surface area contributed by atoms with Gasteiger partial charge in [-0.1, -0.05) is 0 Å². The molecule has 0 aromatic carbocycles. The van der Waals surface area contributed by atoms with Gasteiger partial charge in [0.25, 0.3) is 0 Å². The molecule has 1 rings (SSSR count). The van der Waals surface area contributed by atoms with E-state index in [1.165, 1.54) is 12.8 Å². The summed E-state index contributed by atoms with van der Waals surface area (Å²) in [5.74, 6) is 0.110. The molecule has 4 heteroatoms. The van der Waals surface area contributed by atoms with Crippen LogP contribution in [0.2, 0.25) is 0 Å². The molecule has 0 aromatic rings. The molecule has 0 spiro atoms. The van der Waals surface area contributed by atoms with Crippen molar-refractivity contribution in [1.29, 1.82) is 0 Å². The molecule has 13 heavy (non-hydrogen) atoms. The van der Waals surface area contributed by atoms with Crippen molar-refractivity contribution in [2.75, 3.05) is 33.7 Å². The molecule has 0 radical (unpaired) electrons. The molecule has 0 aromatic heterocycles.